The van der Waals surface area contributed by atoms with Gasteiger partial charge in [0, 0.05) is 25.2 Å². The summed E-state index contributed by atoms with van der Waals surface area (Å²) in [6.45, 7) is 0.0907. The molecule has 1 saturated carbocycles. The highest BCUT2D eigenvalue weighted by atomic mass is 35.5. The van der Waals surface area contributed by atoms with Gasteiger partial charge in [-0.2, -0.15) is 0 Å². The maximum atomic E-state index is 12.1. The van der Waals surface area contributed by atoms with Crippen LogP contribution < -0.4 is 16.0 Å². The lowest BCUT2D eigenvalue weighted by atomic mass is 9.92. The lowest BCUT2D eigenvalue weighted by Crippen LogP contribution is -2.44. The van der Waals surface area contributed by atoms with Crippen LogP contribution in [0.2, 0.25) is 0 Å². The Morgan fingerprint density at radius 3 is 2.57 bits per heavy atom. The average Bonchev–Trinajstić information content (AvgIpc) is 2.49. The van der Waals surface area contributed by atoms with E-state index in [1.165, 1.54) is 6.07 Å². The number of rotatable bonds is 5. The van der Waals surface area contributed by atoms with Crippen LogP contribution in [0.5, 0.6) is 0 Å². The number of hydrogen-bond donors (Lipinski definition) is 2. The second kappa shape index (κ2) is 8.69. The first-order valence-corrected chi connectivity index (χ1v) is 7.47. The van der Waals surface area contributed by atoms with E-state index in [9.17, 15) is 14.9 Å². The van der Waals surface area contributed by atoms with Crippen molar-refractivity contribution in [3.05, 3.63) is 34.4 Å². The molecule has 0 unspecified atom stereocenters. The van der Waals surface area contributed by atoms with Crippen molar-refractivity contribution >= 4 is 29.7 Å². The van der Waals surface area contributed by atoms with Crippen molar-refractivity contribution < 1.29 is 9.72 Å². The Balaban J connectivity index is 0.00000264. The average molecular weight is 343 g/mol. The van der Waals surface area contributed by atoms with Crippen LogP contribution in [0, 0.1) is 10.1 Å². The number of anilines is 1. The van der Waals surface area contributed by atoms with Gasteiger partial charge < -0.3 is 16.0 Å². The fourth-order valence-corrected chi connectivity index (χ4v) is 2.78. The van der Waals surface area contributed by atoms with E-state index >= 15 is 0 Å². The first-order chi connectivity index (χ1) is 10.5. The summed E-state index contributed by atoms with van der Waals surface area (Å²) in [6, 6.07) is 6.81. The molecule has 128 valence electrons. The second-order valence-corrected chi connectivity index (χ2v) is 5.78. The third kappa shape index (κ3) is 5.37. The largest absolute Gasteiger partial charge is 0.360 e. The molecule has 0 aromatic heterocycles. The molecule has 0 radical (unpaired) electrons. The van der Waals surface area contributed by atoms with Crippen molar-refractivity contribution in [3.63, 3.8) is 0 Å². The van der Waals surface area contributed by atoms with E-state index in [2.05, 4.69) is 5.32 Å². The van der Waals surface area contributed by atoms with Crippen molar-refractivity contribution in [1.29, 1.82) is 0 Å². The predicted molar refractivity (Wildman–Crippen MR) is 92.0 cm³/mol. The summed E-state index contributed by atoms with van der Waals surface area (Å²) in [7, 11) is 1.68. The molecule has 2 rings (SSSR count). The zero-order chi connectivity index (χ0) is 16.1. The van der Waals surface area contributed by atoms with Crippen LogP contribution in [0.1, 0.15) is 25.7 Å². The Bertz CT molecular complexity index is 547. The molecule has 1 aromatic rings. The molecule has 8 heteroatoms. The van der Waals surface area contributed by atoms with E-state index in [-0.39, 0.29) is 42.6 Å². The SMILES string of the molecule is CN(CC(=O)NC1CCC(N)CC1)c1ccccc1[N+](=O)[O-].Cl. The number of carbonyl (C=O) groups is 1. The predicted octanol–water partition coefficient (Wildman–Crippen LogP) is 1.84. The summed E-state index contributed by atoms with van der Waals surface area (Å²) in [5.74, 6) is -0.124. The van der Waals surface area contributed by atoms with E-state index in [0.717, 1.165) is 25.7 Å². The summed E-state index contributed by atoms with van der Waals surface area (Å²) in [4.78, 5) is 24.3. The molecule has 1 fully saturated rings. The Morgan fingerprint density at radius 1 is 1.35 bits per heavy atom. The van der Waals surface area contributed by atoms with E-state index in [1.54, 1.807) is 30.1 Å². The van der Waals surface area contributed by atoms with Gasteiger partial charge in [0.15, 0.2) is 0 Å². The number of hydrogen-bond acceptors (Lipinski definition) is 5. The van der Waals surface area contributed by atoms with Gasteiger partial charge in [-0.25, -0.2) is 0 Å². The number of para-hydroxylation sites is 2. The van der Waals surface area contributed by atoms with Gasteiger partial charge in [0.1, 0.15) is 5.69 Å². The monoisotopic (exact) mass is 342 g/mol. The molecule has 7 nitrogen and oxygen atoms in total. The molecule has 1 aromatic carbocycles. The number of nitro groups is 1. The minimum absolute atomic E-state index is 0. The van der Waals surface area contributed by atoms with Crippen molar-refractivity contribution in [3.8, 4) is 0 Å². The number of likely N-dealkylation sites (N-methyl/N-ethyl adjacent to an activating group) is 1. The number of amides is 1. The molecule has 0 spiro atoms. The van der Waals surface area contributed by atoms with Gasteiger partial charge in [0.05, 0.1) is 11.5 Å². The smallest absolute Gasteiger partial charge is 0.292 e. The van der Waals surface area contributed by atoms with Crippen LogP contribution in [0.4, 0.5) is 11.4 Å². The van der Waals surface area contributed by atoms with Gasteiger partial charge in [-0.3, -0.25) is 14.9 Å². The standard InChI is InChI=1S/C15H22N4O3.ClH/c1-18(13-4-2-3-5-14(13)19(21)22)10-15(20)17-12-8-6-11(16)7-9-12;/h2-5,11-12H,6-10,16H2,1H3,(H,17,20);1H. The summed E-state index contributed by atoms with van der Waals surface area (Å²) < 4.78 is 0. The normalized spacial score (nSPS) is 20.3. The Labute approximate surface area is 141 Å². The third-order valence-electron chi connectivity index (χ3n) is 4.01. The van der Waals surface area contributed by atoms with E-state index in [1.807, 2.05) is 0 Å². The molecular formula is C15H23ClN4O3. The molecule has 1 amide bonds. The lowest BCUT2D eigenvalue weighted by molar-refractivity contribution is -0.384. The van der Waals surface area contributed by atoms with Crippen LogP contribution in [-0.4, -0.2) is 36.5 Å². The maximum absolute atomic E-state index is 12.1. The zero-order valence-corrected chi connectivity index (χ0v) is 13.9. The number of benzene rings is 1. The van der Waals surface area contributed by atoms with E-state index in [0.29, 0.717) is 5.69 Å². The summed E-state index contributed by atoms with van der Waals surface area (Å²) in [6.07, 6.45) is 3.63. The molecular weight excluding hydrogens is 320 g/mol. The van der Waals surface area contributed by atoms with E-state index < -0.39 is 4.92 Å². The highest BCUT2D eigenvalue weighted by molar-refractivity contribution is 5.85. The molecule has 0 saturated heterocycles. The number of nitrogens with one attached hydrogen (secondary N) is 1. The molecule has 23 heavy (non-hydrogen) atoms. The van der Waals surface area contributed by atoms with Crippen LogP contribution >= 0.6 is 12.4 Å². The molecule has 0 bridgehead atoms. The highest BCUT2D eigenvalue weighted by Gasteiger charge is 2.22. The van der Waals surface area contributed by atoms with Gasteiger partial charge in [-0.1, -0.05) is 12.1 Å². The van der Waals surface area contributed by atoms with Gasteiger partial charge >= 0.3 is 0 Å². The van der Waals surface area contributed by atoms with Gasteiger partial charge in [-0.05, 0) is 31.7 Å². The van der Waals surface area contributed by atoms with Crippen molar-refractivity contribution in [2.24, 2.45) is 5.73 Å². The van der Waals surface area contributed by atoms with Crippen LogP contribution in [0.25, 0.3) is 0 Å². The minimum atomic E-state index is -0.438. The van der Waals surface area contributed by atoms with Gasteiger partial charge in [0.25, 0.3) is 5.69 Å². The highest BCUT2D eigenvalue weighted by Crippen LogP contribution is 2.26. The first kappa shape index (κ1) is 19.2. The molecule has 3 N–H and O–H groups in total. The number of nitro benzene ring substituents is 1. The zero-order valence-electron chi connectivity index (χ0n) is 13.1. The fourth-order valence-electron chi connectivity index (χ4n) is 2.78. The lowest BCUT2D eigenvalue weighted by Gasteiger charge is -2.27. The second-order valence-electron chi connectivity index (χ2n) is 5.78. The maximum Gasteiger partial charge on any atom is 0.292 e. The van der Waals surface area contributed by atoms with Gasteiger partial charge in [0.2, 0.25) is 5.91 Å². The molecule has 0 atom stereocenters. The van der Waals surface area contributed by atoms with E-state index in [4.69, 9.17) is 5.73 Å². The number of nitrogens with zero attached hydrogens (tertiary/aromatic N) is 2. The fraction of sp³-hybridized carbons (Fsp3) is 0.533. The van der Waals surface area contributed by atoms with Crippen LogP contribution in [0.15, 0.2) is 24.3 Å². The number of carbonyl (C=O) groups excluding carboxylic acids is 1. The molecule has 0 heterocycles. The minimum Gasteiger partial charge on any atom is -0.360 e. The first-order valence-electron chi connectivity index (χ1n) is 7.47. The third-order valence-corrected chi connectivity index (χ3v) is 4.01. The van der Waals surface area contributed by atoms with Crippen molar-refractivity contribution in [2.75, 3.05) is 18.5 Å². The van der Waals surface area contributed by atoms with Crippen LogP contribution in [-0.2, 0) is 4.79 Å². The summed E-state index contributed by atoms with van der Waals surface area (Å²) in [5, 5.41) is 14.0. The number of nitrogens with two attached hydrogens (primary N) is 1. The topological polar surface area (TPSA) is 102 Å². The summed E-state index contributed by atoms with van der Waals surface area (Å²) >= 11 is 0. The van der Waals surface area contributed by atoms with Gasteiger partial charge in [-0.15, -0.1) is 12.4 Å². The Kier molecular flexibility index (Phi) is 7.25. The van der Waals surface area contributed by atoms with Crippen LogP contribution in [0.3, 0.4) is 0 Å². The number of halogens is 1. The Morgan fingerprint density at radius 2 is 1.96 bits per heavy atom. The quantitative estimate of drug-likeness (QED) is 0.628. The Hall–Kier alpha value is -1.86. The summed E-state index contributed by atoms with van der Waals surface area (Å²) in [5.41, 5.74) is 6.28. The van der Waals surface area contributed by atoms with Crippen molar-refractivity contribution in [1.82, 2.24) is 5.32 Å². The molecule has 1 aliphatic rings. The molecule has 0 aliphatic heterocycles. The van der Waals surface area contributed by atoms with Crippen molar-refractivity contribution in [2.45, 2.75) is 37.8 Å². The molecule has 1 aliphatic carbocycles.